The number of thiazole rings is 2. The van der Waals surface area contributed by atoms with Gasteiger partial charge in [0.15, 0.2) is 5.13 Å². The molecule has 0 saturated heterocycles. The van der Waals surface area contributed by atoms with E-state index in [2.05, 4.69) is 36.5 Å². The smallest absolute Gasteiger partial charge is 0.182 e. The Kier molecular flexibility index (Phi) is 3.79. The highest BCUT2D eigenvalue weighted by Gasteiger charge is 2.17. The molecule has 1 N–H and O–H groups in total. The standard InChI is InChI=1S/C12H17N3S2/c1-5-9-15-10(7(2)3)11(17-9)8-6-16-12(13-4)14-8/h6-7H,5H2,1-4H3,(H,13,14). The van der Waals surface area contributed by atoms with Crippen molar-refractivity contribution in [3.63, 3.8) is 0 Å². The SMILES string of the molecule is CCc1nc(C(C)C)c(-c2csc(NC)n2)s1. The van der Waals surface area contributed by atoms with Gasteiger partial charge in [-0.1, -0.05) is 20.8 Å². The summed E-state index contributed by atoms with van der Waals surface area (Å²) >= 11 is 3.41. The molecule has 0 aliphatic rings. The van der Waals surface area contributed by atoms with Gasteiger partial charge in [-0.25, -0.2) is 9.97 Å². The first-order chi connectivity index (χ1) is 8.15. The number of aromatic nitrogens is 2. The molecule has 0 atom stereocenters. The molecule has 2 heterocycles. The molecule has 0 aliphatic heterocycles. The summed E-state index contributed by atoms with van der Waals surface area (Å²) in [6.07, 6.45) is 0.993. The Labute approximate surface area is 110 Å². The summed E-state index contributed by atoms with van der Waals surface area (Å²) in [5.41, 5.74) is 2.24. The van der Waals surface area contributed by atoms with Crippen LogP contribution in [-0.4, -0.2) is 17.0 Å². The van der Waals surface area contributed by atoms with Crippen LogP contribution in [0.3, 0.4) is 0 Å². The highest BCUT2D eigenvalue weighted by molar-refractivity contribution is 7.16. The van der Waals surface area contributed by atoms with Gasteiger partial charge in [0, 0.05) is 12.4 Å². The summed E-state index contributed by atoms with van der Waals surface area (Å²) in [7, 11) is 1.90. The summed E-state index contributed by atoms with van der Waals surface area (Å²) in [6, 6.07) is 0. The fourth-order valence-corrected chi connectivity index (χ4v) is 3.45. The minimum atomic E-state index is 0.446. The second kappa shape index (κ2) is 5.14. The molecule has 0 radical (unpaired) electrons. The molecule has 5 heteroatoms. The molecule has 3 nitrogen and oxygen atoms in total. The monoisotopic (exact) mass is 267 g/mol. The van der Waals surface area contributed by atoms with Crippen LogP contribution in [0.5, 0.6) is 0 Å². The van der Waals surface area contributed by atoms with Crippen molar-refractivity contribution in [3.8, 4) is 10.6 Å². The quantitative estimate of drug-likeness (QED) is 0.910. The predicted octanol–water partition coefficient (Wildman–Crippen LogP) is 3.99. The van der Waals surface area contributed by atoms with E-state index in [-0.39, 0.29) is 0 Å². The lowest BCUT2D eigenvalue weighted by Gasteiger charge is -2.02. The van der Waals surface area contributed by atoms with E-state index in [0.29, 0.717) is 5.92 Å². The highest BCUT2D eigenvalue weighted by atomic mass is 32.1. The van der Waals surface area contributed by atoms with Crippen molar-refractivity contribution in [2.75, 3.05) is 12.4 Å². The molecule has 0 aromatic carbocycles. The minimum absolute atomic E-state index is 0.446. The maximum absolute atomic E-state index is 4.70. The average molecular weight is 267 g/mol. The van der Waals surface area contributed by atoms with E-state index in [1.165, 1.54) is 15.6 Å². The Morgan fingerprint density at radius 3 is 2.65 bits per heavy atom. The van der Waals surface area contributed by atoms with Crippen LogP contribution in [0, 0.1) is 0 Å². The minimum Gasteiger partial charge on any atom is -0.365 e. The van der Waals surface area contributed by atoms with Crippen LogP contribution in [0.25, 0.3) is 10.6 Å². The Morgan fingerprint density at radius 2 is 2.12 bits per heavy atom. The Balaban J connectivity index is 2.45. The molecule has 2 rings (SSSR count). The fourth-order valence-electron chi connectivity index (χ4n) is 1.60. The lowest BCUT2D eigenvalue weighted by atomic mass is 10.1. The van der Waals surface area contributed by atoms with Gasteiger partial charge < -0.3 is 5.32 Å². The van der Waals surface area contributed by atoms with Crippen molar-refractivity contribution in [2.45, 2.75) is 33.1 Å². The predicted molar refractivity (Wildman–Crippen MR) is 76.2 cm³/mol. The summed E-state index contributed by atoms with van der Waals surface area (Å²) in [5, 5.41) is 7.34. The molecule has 2 aromatic rings. The van der Waals surface area contributed by atoms with Gasteiger partial charge in [-0.15, -0.1) is 22.7 Å². The van der Waals surface area contributed by atoms with E-state index in [0.717, 1.165) is 17.2 Å². The van der Waals surface area contributed by atoms with Crippen molar-refractivity contribution in [1.29, 1.82) is 0 Å². The summed E-state index contributed by atoms with van der Waals surface area (Å²) in [5.74, 6) is 0.446. The van der Waals surface area contributed by atoms with Crippen molar-refractivity contribution >= 4 is 27.8 Å². The van der Waals surface area contributed by atoms with Crippen molar-refractivity contribution in [2.24, 2.45) is 0 Å². The molecule has 92 valence electrons. The molecule has 0 saturated carbocycles. The number of rotatable bonds is 4. The zero-order chi connectivity index (χ0) is 12.4. The van der Waals surface area contributed by atoms with E-state index in [1.807, 2.05) is 7.05 Å². The normalized spacial score (nSPS) is 11.1. The number of hydrogen-bond acceptors (Lipinski definition) is 5. The number of anilines is 1. The van der Waals surface area contributed by atoms with Gasteiger partial charge in [-0.05, 0) is 12.3 Å². The molecule has 0 amide bonds. The number of nitrogens with one attached hydrogen (secondary N) is 1. The van der Waals surface area contributed by atoms with E-state index < -0.39 is 0 Å². The van der Waals surface area contributed by atoms with Gasteiger partial charge in [0.05, 0.1) is 21.3 Å². The van der Waals surface area contributed by atoms with Crippen LogP contribution in [0.15, 0.2) is 5.38 Å². The van der Waals surface area contributed by atoms with E-state index in [1.54, 1.807) is 22.7 Å². The van der Waals surface area contributed by atoms with Crippen molar-refractivity contribution in [1.82, 2.24) is 9.97 Å². The first-order valence-electron chi connectivity index (χ1n) is 5.79. The van der Waals surface area contributed by atoms with Crippen molar-refractivity contribution in [3.05, 3.63) is 16.1 Å². The van der Waals surface area contributed by atoms with Crippen LogP contribution in [0.2, 0.25) is 0 Å². The second-order valence-electron chi connectivity index (χ2n) is 4.12. The zero-order valence-corrected chi connectivity index (χ0v) is 12.2. The third-order valence-electron chi connectivity index (χ3n) is 2.50. The van der Waals surface area contributed by atoms with Crippen molar-refractivity contribution < 1.29 is 0 Å². The third-order valence-corrected chi connectivity index (χ3v) is 4.60. The van der Waals surface area contributed by atoms with Gasteiger partial charge in [0.2, 0.25) is 0 Å². The molecule has 0 aliphatic carbocycles. The number of aryl methyl sites for hydroxylation is 1. The van der Waals surface area contributed by atoms with Gasteiger partial charge in [-0.3, -0.25) is 0 Å². The maximum atomic E-state index is 4.70. The van der Waals surface area contributed by atoms with Crippen LogP contribution in [0.4, 0.5) is 5.13 Å². The Morgan fingerprint density at radius 1 is 1.35 bits per heavy atom. The average Bonchev–Trinajstić information content (AvgIpc) is 2.94. The Bertz CT molecular complexity index is 500. The maximum Gasteiger partial charge on any atom is 0.182 e. The lowest BCUT2D eigenvalue weighted by molar-refractivity contribution is 0.825. The van der Waals surface area contributed by atoms with Crippen LogP contribution < -0.4 is 5.32 Å². The zero-order valence-electron chi connectivity index (χ0n) is 10.6. The lowest BCUT2D eigenvalue weighted by Crippen LogP contribution is -1.92. The number of nitrogens with zero attached hydrogens (tertiary/aromatic N) is 2. The molecular weight excluding hydrogens is 250 g/mol. The summed E-state index contributed by atoms with van der Waals surface area (Å²) in [6.45, 7) is 6.51. The first-order valence-corrected chi connectivity index (χ1v) is 7.48. The fraction of sp³-hybridized carbons (Fsp3) is 0.500. The summed E-state index contributed by atoms with van der Waals surface area (Å²) < 4.78 is 0. The molecule has 2 aromatic heterocycles. The largest absolute Gasteiger partial charge is 0.365 e. The highest BCUT2D eigenvalue weighted by Crippen LogP contribution is 2.36. The third kappa shape index (κ3) is 2.50. The summed E-state index contributed by atoms with van der Waals surface area (Å²) in [4.78, 5) is 10.5. The first kappa shape index (κ1) is 12.5. The van der Waals surface area contributed by atoms with Crippen LogP contribution in [0.1, 0.15) is 37.4 Å². The van der Waals surface area contributed by atoms with Gasteiger partial charge >= 0.3 is 0 Å². The second-order valence-corrected chi connectivity index (χ2v) is 6.06. The molecule has 0 spiro atoms. The van der Waals surface area contributed by atoms with Crippen LogP contribution >= 0.6 is 22.7 Å². The van der Waals surface area contributed by atoms with Crippen LogP contribution in [-0.2, 0) is 6.42 Å². The van der Waals surface area contributed by atoms with E-state index in [4.69, 9.17) is 4.98 Å². The molecule has 0 unspecified atom stereocenters. The molecule has 0 fully saturated rings. The van der Waals surface area contributed by atoms with Gasteiger partial charge in [0.1, 0.15) is 0 Å². The Hall–Kier alpha value is -0.940. The van der Waals surface area contributed by atoms with Gasteiger partial charge in [-0.2, -0.15) is 0 Å². The van der Waals surface area contributed by atoms with Gasteiger partial charge in [0.25, 0.3) is 0 Å². The topological polar surface area (TPSA) is 37.8 Å². The van der Waals surface area contributed by atoms with E-state index >= 15 is 0 Å². The molecule has 17 heavy (non-hydrogen) atoms. The van der Waals surface area contributed by atoms with E-state index in [9.17, 15) is 0 Å². The molecular formula is C12H17N3S2. The molecule has 0 bridgehead atoms. The number of hydrogen-bond donors (Lipinski definition) is 1.